The van der Waals surface area contributed by atoms with Gasteiger partial charge in [-0.1, -0.05) is 23.7 Å². The molecule has 1 aromatic heterocycles. The zero-order valence-electron chi connectivity index (χ0n) is 13.3. The van der Waals surface area contributed by atoms with Crippen LogP contribution in [0, 0.1) is 0 Å². The molecule has 3 aromatic carbocycles. The van der Waals surface area contributed by atoms with Crippen molar-refractivity contribution in [1.29, 1.82) is 0 Å². The first-order valence-corrected chi connectivity index (χ1v) is 8.15. The fraction of sp³-hybridized carbons (Fsp3) is 0.0556. The van der Waals surface area contributed by atoms with Crippen molar-refractivity contribution in [2.24, 2.45) is 0 Å². The fourth-order valence-electron chi connectivity index (χ4n) is 2.76. The number of fused-ring (bicyclic) bond motifs is 1. The lowest BCUT2D eigenvalue weighted by Gasteiger charge is -2.15. The van der Waals surface area contributed by atoms with Gasteiger partial charge in [-0.2, -0.15) is 0 Å². The first-order valence-electron chi connectivity index (χ1n) is 7.77. The lowest BCUT2D eigenvalue weighted by atomic mass is 10.1. The van der Waals surface area contributed by atoms with Gasteiger partial charge in [0, 0.05) is 12.2 Å². The second kappa shape index (κ2) is 6.20. The number of aromatic nitrogens is 2. The summed E-state index contributed by atoms with van der Waals surface area (Å²) >= 11 is 6.18. The van der Waals surface area contributed by atoms with Crippen molar-refractivity contribution in [1.82, 2.24) is 9.97 Å². The average Bonchev–Trinajstić information content (AvgIpc) is 3.10. The highest BCUT2D eigenvalue weighted by Crippen LogP contribution is 2.28. The molecule has 0 aliphatic carbocycles. The molecule has 0 unspecified atom stereocenters. The largest absolute Gasteiger partial charge is 0.508 e. The Morgan fingerprint density at radius 2 is 1.92 bits per heavy atom. The number of aromatic hydroxyl groups is 1. The van der Waals surface area contributed by atoms with E-state index in [2.05, 4.69) is 20.6 Å². The van der Waals surface area contributed by atoms with Gasteiger partial charge in [-0.25, -0.2) is 4.98 Å². The molecule has 4 aromatic rings. The van der Waals surface area contributed by atoms with Crippen LogP contribution in [0.2, 0.25) is 5.02 Å². The molecule has 0 radical (unpaired) electrons. The van der Waals surface area contributed by atoms with Gasteiger partial charge in [-0.15, -0.1) is 0 Å². The van der Waals surface area contributed by atoms with Crippen LogP contribution in [0.5, 0.6) is 5.75 Å². The number of aromatic amines is 1. The van der Waals surface area contributed by atoms with Gasteiger partial charge in [0.2, 0.25) is 0 Å². The van der Waals surface area contributed by atoms with Crippen molar-refractivity contribution in [2.45, 2.75) is 6.54 Å². The molecule has 0 spiro atoms. The van der Waals surface area contributed by atoms with Crippen LogP contribution in [-0.4, -0.2) is 15.1 Å². The Hall–Kier alpha value is -3.32. The summed E-state index contributed by atoms with van der Waals surface area (Å²) < 4.78 is 0. The van der Waals surface area contributed by atoms with Gasteiger partial charge < -0.3 is 20.7 Å². The SMILES string of the molecule is O=c1c(NCc2cccc(O)c2)c(Nc2cc(Cl)c3nc[nH]c3c2)c1=O. The molecule has 0 fully saturated rings. The highest BCUT2D eigenvalue weighted by atomic mass is 35.5. The normalized spacial score (nSPS) is 11.1. The fourth-order valence-corrected chi connectivity index (χ4v) is 3.03. The third kappa shape index (κ3) is 2.78. The van der Waals surface area contributed by atoms with Gasteiger partial charge in [-0.3, -0.25) is 9.59 Å². The zero-order valence-corrected chi connectivity index (χ0v) is 14.1. The van der Waals surface area contributed by atoms with E-state index in [4.69, 9.17) is 11.6 Å². The number of rotatable bonds is 5. The van der Waals surface area contributed by atoms with Crippen LogP contribution < -0.4 is 21.5 Å². The molecule has 4 N–H and O–H groups in total. The third-order valence-corrected chi connectivity index (χ3v) is 4.32. The van der Waals surface area contributed by atoms with Crippen molar-refractivity contribution >= 4 is 39.7 Å². The number of nitrogens with one attached hydrogen (secondary N) is 3. The van der Waals surface area contributed by atoms with Crippen LogP contribution in [0.15, 0.2) is 52.3 Å². The standard InChI is InChI=1S/C18H13ClN4O3/c19-12-5-10(6-13-14(12)22-8-21-13)23-16-15(17(25)18(16)26)20-7-9-2-1-3-11(24)4-9/h1-6,8,20,23-24H,7H2,(H,21,22). The minimum Gasteiger partial charge on any atom is -0.508 e. The molecule has 0 amide bonds. The van der Waals surface area contributed by atoms with Gasteiger partial charge in [0.25, 0.3) is 10.9 Å². The van der Waals surface area contributed by atoms with Crippen molar-refractivity contribution in [2.75, 3.05) is 10.6 Å². The van der Waals surface area contributed by atoms with E-state index < -0.39 is 10.9 Å². The first kappa shape index (κ1) is 16.2. The highest BCUT2D eigenvalue weighted by Gasteiger charge is 2.21. The molecule has 0 saturated heterocycles. The summed E-state index contributed by atoms with van der Waals surface area (Å²) in [5.41, 5.74) is 1.91. The maximum absolute atomic E-state index is 11.9. The van der Waals surface area contributed by atoms with Crippen LogP contribution in [0.25, 0.3) is 11.0 Å². The van der Waals surface area contributed by atoms with E-state index in [9.17, 15) is 14.7 Å². The van der Waals surface area contributed by atoms with E-state index >= 15 is 0 Å². The lowest BCUT2D eigenvalue weighted by molar-refractivity contribution is 0.474. The molecule has 8 heteroatoms. The molecule has 1 heterocycles. The maximum atomic E-state index is 11.9. The Labute approximate surface area is 152 Å². The smallest absolute Gasteiger partial charge is 0.253 e. The van der Waals surface area contributed by atoms with Crippen LogP contribution in [0.4, 0.5) is 17.1 Å². The number of halogens is 1. The summed E-state index contributed by atoms with van der Waals surface area (Å²) in [5, 5.41) is 15.8. The number of imidazole rings is 1. The van der Waals surface area contributed by atoms with Crippen molar-refractivity contribution in [3.05, 3.63) is 73.8 Å². The molecule has 0 bridgehead atoms. The van der Waals surface area contributed by atoms with Crippen molar-refractivity contribution in [3.8, 4) is 5.75 Å². The summed E-state index contributed by atoms with van der Waals surface area (Å²) in [7, 11) is 0. The highest BCUT2D eigenvalue weighted by molar-refractivity contribution is 6.35. The molecular formula is C18H13ClN4O3. The number of phenolic OH excluding ortho intramolecular Hbond substituents is 1. The van der Waals surface area contributed by atoms with E-state index in [-0.39, 0.29) is 17.1 Å². The Kier molecular flexibility index (Phi) is 3.85. The lowest BCUT2D eigenvalue weighted by Crippen LogP contribution is -2.36. The number of benzene rings is 2. The molecule has 4 rings (SSSR count). The number of hydrogen-bond acceptors (Lipinski definition) is 6. The van der Waals surface area contributed by atoms with E-state index in [1.54, 1.807) is 36.4 Å². The summed E-state index contributed by atoms with van der Waals surface area (Å²) in [6.07, 6.45) is 1.53. The van der Waals surface area contributed by atoms with Crippen LogP contribution in [0.3, 0.4) is 0 Å². The molecule has 7 nitrogen and oxygen atoms in total. The zero-order chi connectivity index (χ0) is 18.3. The third-order valence-electron chi connectivity index (χ3n) is 4.04. The van der Waals surface area contributed by atoms with Crippen LogP contribution >= 0.6 is 11.6 Å². The molecule has 0 aliphatic rings. The minimum absolute atomic E-state index is 0.134. The summed E-state index contributed by atoms with van der Waals surface area (Å²) in [5.74, 6) is 0.134. The van der Waals surface area contributed by atoms with E-state index in [1.165, 1.54) is 6.33 Å². The number of hydrogen-bond donors (Lipinski definition) is 4. The topological polar surface area (TPSA) is 107 Å². The van der Waals surface area contributed by atoms with Gasteiger partial charge in [0.1, 0.15) is 22.6 Å². The van der Waals surface area contributed by atoms with Crippen LogP contribution in [-0.2, 0) is 6.54 Å². The van der Waals surface area contributed by atoms with Gasteiger partial charge in [0.15, 0.2) is 0 Å². The summed E-state index contributed by atoms with van der Waals surface area (Å²) in [6, 6.07) is 10.0. The summed E-state index contributed by atoms with van der Waals surface area (Å²) in [4.78, 5) is 30.9. The predicted molar refractivity (Wildman–Crippen MR) is 101 cm³/mol. The molecule has 26 heavy (non-hydrogen) atoms. The van der Waals surface area contributed by atoms with E-state index in [0.717, 1.165) is 5.56 Å². The number of phenols is 1. The Balaban J connectivity index is 1.58. The Morgan fingerprint density at radius 1 is 1.12 bits per heavy atom. The number of nitrogens with zero attached hydrogens (tertiary/aromatic N) is 1. The van der Waals surface area contributed by atoms with Crippen molar-refractivity contribution in [3.63, 3.8) is 0 Å². The Bertz CT molecular complexity index is 1190. The first-order chi connectivity index (χ1) is 12.5. The van der Waals surface area contributed by atoms with E-state index in [1.807, 2.05) is 0 Å². The second-order valence-corrected chi connectivity index (χ2v) is 6.22. The molecule has 130 valence electrons. The quantitative estimate of drug-likeness (QED) is 0.403. The molecule has 0 aliphatic heterocycles. The molecule has 0 saturated carbocycles. The number of H-pyrrole nitrogens is 1. The summed E-state index contributed by atoms with van der Waals surface area (Å²) in [6.45, 7) is 0.300. The monoisotopic (exact) mass is 368 g/mol. The number of anilines is 3. The maximum Gasteiger partial charge on any atom is 0.253 e. The predicted octanol–water partition coefficient (Wildman–Crippen LogP) is 2.87. The second-order valence-electron chi connectivity index (χ2n) is 5.81. The van der Waals surface area contributed by atoms with Gasteiger partial charge in [-0.05, 0) is 29.8 Å². The average molecular weight is 369 g/mol. The van der Waals surface area contributed by atoms with Crippen LogP contribution in [0.1, 0.15) is 5.56 Å². The van der Waals surface area contributed by atoms with Crippen molar-refractivity contribution < 1.29 is 5.11 Å². The van der Waals surface area contributed by atoms with Gasteiger partial charge in [0.05, 0.1) is 16.9 Å². The molecular weight excluding hydrogens is 356 g/mol. The molecule has 0 atom stereocenters. The Morgan fingerprint density at radius 3 is 2.73 bits per heavy atom. The minimum atomic E-state index is -0.593. The van der Waals surface area contributed by atoms with Gasteiger partial charge >= 0.3 is 0 Å². The van der Waals surface area contributed by atoms with E-state index in [0.29, 0.717) is 28.3 Å².